The molecule has 2 aromatic heterocycles. The lowest BCUT2D eigenvalue weighted by molar-refractivity contribution is 0.585. The van der Waals surface area contributed by atoms with Crippen molar-refractivity contribution in [1.29, 1.82) is 0 Å². The Kier molecular flexibility index (Phi) is 4.60. The molecule has 7 heteroatoms. The van der Waals surface area contributed by atoms with E-state index in [0.717, 1.165) is 35.7 Å². The molecule has 0 radical (unpaired) electrons. The number of halogens is 2. The van der Waals surface area contributed by atoms with Crippen molar-refractivity contribution in [1.82, 2.24) is 14.5 Å². The zero-order valence-corrected chi connectivity index (χ0v) is 17.7. The Morgan fingerprint density at radius 2 is 1.78 bits per heavy atom. The molecule has 1 aliphatic rings. The minimum Gasteiger partial charge on any atom is -0.340 e. The fourth-order valence-electron chi connectivity index (χ4n) is 4.06. The molecule has 0 aliphatic heterocycles. The maximum absolute atomic E-state index is 14.7. The fourth-order valence-corrected chi connectivity index (χ4v) is 4.06. The van der Waals surface area contributed by atoms with Crippen LogP contribution in [0.2, 0.25) is 0 Å². The molecule has 0 unspecified atom stereocenters. The molecule has 0 amide bonds. The van der Waals surface area contributed by atoms with E-state index in [1.54, 1.807) is 16.8 Å². The van der Waals surface area contributed by atoms with Crippen molar-refractivity contribution < 1.29 is 8.78 Å². The van der Waals surface area contributed by atoms with Crippen LogP contribution in [0.25, 0.3) is 28.2 Å². The fraction of sp³-hybridized carbons (Fsp3) is 0.200. The van der Waals surface area contributed by atoms with Crippen molar-refractivity contribution in [3.05, 3.63) is 93.7 Å². The largest absolute Gasteiger partial charge is 0.340 e. The lowest BCUT2D eigenvalue weighted by Gasteiger charge is -2.14. The van der Waals surface area contributed by atoms with E-state index in [2.05, 4.69) is 4.98 Å². The Morgan fingerprint density at radius 1 is 1.06 bits per heavy atom. The molecular formula is C25H22F2N4O. The van der Waals surface area contributed by atoms with Crippen molar-refractivity contribution in [2.24, 2.45) is 5.73 Å². The molecule has 32 heavy (non-hydrogen) atoms. The molecule has 4 aromatic rings. The average Bonchev–Trinajstić information content (AvgIpc) is 3.33. The smallest absolute Gasteiger partial charge is 0.255 e. The van der Waals surface area contributed by atoms with Crippen LogP contribution >= 0.6 is 0 Å². The van der Waals surface area contributed by atoms with Gasteiger partial charge in [-0.15, -0.1) is 0 Å². The number of nitrogens with zero attached hydrogens (tertiary/aromatic N) is 2. The van der Waals surface area contributed by atoms with Crippen LogP contribution in [0.3, 0.4) is 0 Å². The van der Waals surface area contributed by atoms with Crippen LogP contribution in [0.1, 0.15) is 29.8 Å². The van der Waals surface area contributed by atoms with E-state index in [1.807, 2.05) is 32.0 Å². The number of benzene rings is 2. The lowest BCUT2D eigenvalue weighted by atomic mass is 10.0. The Balaban J connectivity index is 1.73. The highest BCUT2D eigenvalue weighted by molar-refractivity contribution is 5.79. The van der Waals surface area contributed by atoms with Crippen LogP contribution in [0, 0.1) is 25.5 Å². The molecule has 2 aromatic carbocycles. The molecule has 3 N–H and O–H groups in total. The van der Waals surface area contributed by atoms with E-state index >= 15 is 0 Å². The average molecular weight is 432 g/mol. The first kappa shape index (κ1) is 20.3. The summed E-state index contributed by atoms with van der Waals surface area (Å²) in [5.74, 6) is -0.809. The van der Waals surface area contributed by atoms with Gasteiger partial charge in [0.2, 0.25) is 0 Å². The second-order valence-corrected chi connectivity index (χ2v) is 8.46. The summed E-state index contributed by atoms with van der Waals surface area (Å²) in [5.41, 5.74) is 9.96. The number of imidazole rings is 1. The van der Waals surface area contributed by atoms with Gasteiger partial charge < -0.3 is 10.7 Å². The number of pyridine rings is 1. The third-order valence-corrected chi connectivity index (χ3v) is 6.03. The molecule has 1 saturated carbocycles. The van der Waals surface area contributed by atoms with Gasteiger partial charge in [0.25, 0.3) is 5.56 Å². The van der Waals surface area contributed by atoms with Crippen LogP contribution < -0.4 is 11.3 Å². The van der Waals surface area contributed by atoms with Gasteiger partial charge in [0.1, 0.15) is 17.5 Å². The molecule has 1 aliphatic carbocycles. The second kappa shape index (κ2) is 7.24. The van der Waals surface area contributed by atoms with Gasteiger partial charge in [0.05, 0.1) is 22.6 Å². The van der Waals surface area contributed by atoms with Crippen LogP contribution in [-0.4, -0.2) is 14.5 Å². The zero-order chi connectivity index (χ0) is 22.6. The van der Waals surface area contributed by atoms with Gasteiger partial charge in [0.15, 0.2) is 0 Å². The maximum atomic E-state index is 14.7. The molecule has 5 nitrogen and oxygen atoms in total. The van der Waals surface area contributed by atoms with E-state index < -0.39 is 17.2 Å². The number of rotatable bonds is 4. The van der Waals surface area contributed by atoms with E-state index in [1.165, 1.54) is 18.2 Å². The number of aromatic amines is 1. The third-order valence-electron chi connectivity index (χ3n) is 6.03. The van der Waals surface area contributed by atoms with E-state index in [4.69, 9.17) is 10.7 Å². The summed E-state index contributed by atoms with van der Waals surface area (Å²) in [7, 11) is 0. The molecule has 2 heterocycles. The highest BCUT2D eigenvalue weighted by Crippen LogP contribution is 2.44. The molecule has 0 spiro atoms. The zero-order valence-electron chi connectivity index (χ0n) is 17.7. The number of para-hydroxylation sites is 1. The predicted octanol–water partition coefficient (Wildman–Crippen LogP) is 4.74. The third kappa shape index (κ3) is 3.35. The molecule has 0 bridgehead atoms. The molecule has 0 saturated heterocycles. The molecule has 1 fully saturated rings. The topological polar surface area (TPSA) is 76.7 Å². The maximum Gasteiger partial charge on any atom is 0.255 e. The Morgan fingerprint density at radius 3 is 2.44 bits per heavy atom. The number of nitrogens with one attached hydrogen (secondary N) is 1. The highest BCUT2D eigenvalue weighted by atomic mass is 19.1. The van der Waals surface area contributed by atoms with Crippen molar-refractivity contribution in [2.45, 2.75) is 32.2 Å². The molecular weight excluding hydrogens is 410 g/mol. The summed E-state index contributed by atoms with van der Waals surface area (Å²) in [6, 6.07) is 12.4. The van der Waals surface area contributed by atoms with Crippen molar-refractivity contribution in [3.8, 4) is 28.2 Å². The summed E-state index contributed by atoms with van der Waals surface area (Å²) < 4.78 is 29.8. The lowest BCUT2D eigenvalue weighted by Crippen LogP contribution is -2.20. The summed E-state index contributed by atoms with van der Waals surface area (Å²) >= 11 is 0. The SMILES string of the molecule is Cc1cccc(C)c1-n1cc(-c2nc(C3(N)CC3)[nH]c2-c2ccc(F)cc2F)ccc1=O. The van der Waals surface area contributed by atoms with Gasteiger partial charge in [0, 0.05) is 29.5 Å². The quantitative estimate of drug-likeness (QED) is 0.489. The van der Waals surface area contributed by atoms with Crippen LogP contribution in [0.5, 0.6) is 0 Å². The molecule has 0 atom stereocenters. The van der Waals surface area contributed by atoms with Crippen LogP contribution in [0.4, 0.5) is 8.78 Å². The van der Waals surface area contributed by atoms with Gasteiger partial charge in [-0.2, -0.15) is 0 Å². The van der Waals surface area contributed by atoms with Gasteiger partial charge in [-0.25, -0.2) is 13.8 Å². The van der Waals surface area contributed by atoms with Crippen LogP contribution in [-0.2, 0) is 5.54 Å². The van der Waals surface area contributed by atoms with Gasteiger partial charge >= 0.3 is 0 Å². The summed E-state index contributed by atoms with van der Waals surface area (Å²) in [6.07, 6.45) is 3.25. The summed E-state index contributed by atoms with van der Waals surface area (Å²) in [4.78, 5) is 20.6. The monoisotopic (exact) mass is 432 g/mol. The number of H-pyrrole nitrogens is 1. The Labute approximate surface area is 183 Å². The van der Waals surface area contributed by atoms with Gasteiger partial charge in [-0.1, -0.05) is 18.2 Å². The molecule has 162 valence electrons. The van der Waals surface area contributed by atoms with E-state index in [9.17, 15) is 13.6 Å². The van der Waals surface area contributed by atoms with E-state index in [-0.39, 0.29) is 11.1 Å². The van der Waals surface area contributed by atoms with Crippen LogP contribution in [0.15, 0.2) is 59.5 Å². The number of hydrogen-bond donors (Lipinski definition) is 2. The van der Waals surface area contributed by atoms with Crippen molar-refractivity contribution in [2.75, 3.05) is 0 Å². The minimum absolute atomic E-state index is 0.186. The van der Waals surface area contributed by atoms with Crippen molar-refractivity contribution >= 4 is 0 Å². The summed E-state index contributed by atoms with van der Waals surface area (Å²) in [5, 5.41) is 0. The number of aromatic nitrogens is 3. The summed E-state index contributed by atoms with van der Waals surface area (Å²) in [6.45, 7) is 3.89. The first-order valence-corrected chi connectivity index (χ1v) is 10.4. The standard InChI is InChI=1S/C25H22F2N4O/c1-14-4-3-5-15(2)23(14)31-13-16(6-9-20(31)32)21-22(18-8-7-17(26)12-19(18)27)30-24(29-21)25(28)10-11-25/h3-9,12-13H,10-11,28H2,1-2H3,(H,29,30). The highest BCUT2D eigenvalue weighted by Gasteiger charge is 2.43. The minimum atomic E-state index is -0.702. The predicted molar refractivity (Wildman–Crippen MR) is 120 cm³/mol. The number of nitrogens with two attached hydrogens (primary N) is 1. The number of aryl methyl sites for hydroxylation is 2. The van der Waals surface area contributed by atoms with E-state index in [0.29, 0.717) is 22.8 Å². The first-order valence-electron chi connectivity index (χ1n) is 10.4. The van der Waals surface area contributed by atoms with Gasteiger partial charge in [-0.05, 0) is 56.0 Å². The molecule has 5 rings (SSSR count). The normalized spacial score (nSPS) is 14.5. The second-order valence-electron chi connectivity index (χ2n) is 8.46. The number of hydrogen-bond acceptors (Lipinski definition) is 3. The Hall–Kier alpha value is -3.58. The Bertz CT molecular complexity index is 1400. The van der Waals surface area contributed by atoms with Crippen molar-refractivity contribution in [3.63, 3.8) is 0 Å². The first-order chi connectivity index (χ1) is 15.3. The van der Waals surface area contributed by atoms with Gasteiger partial charge in [-0.3, -0.25) is 9.36 Å².